The molecule has 9 nitrogen and oxygen atoms in total. The van der Waals surface area contributed by atoms with E-state index in [9.17, 15) is 19.6 Å². The highest BCUT2D eigenvalue weighted by molar-refractivity contribution is 8.00. The summed E-state index contributed by atoms with van der Waals surface area (Å²) in [6, 6.07) is 33.7. The van der Waals surface area contributed by atoms with E-state index in [0.29, 0.717) is 44.8 Å². The van der Waals surface area contributed by atoms with Crippen LogP contribution in [0.4, 0.5) is 10.7 Å². The maximum Gasteiger partial charge on any atom is 0.272 e. The summed E-state index contributed by atoms with van der Waals surface area (Å²) >= 11 is 2.80. The summed E-state index contributed by atoms with van der Waals surface area (Å²) in [6.45, 7) is 0. The summed E-state index contributed by atoms with van der Waals surface area (Å²) in [4.78, 5) is 41.9. The van der Waals surface area contributed by atoms with Crippen molar-refractivity contribution in [1.29, 1.82) is 5.26 Å². The first-order valence-electron chi connectivity index (χ1n) is 16.6. The van der Waals surface area contributed by atoms with E-state index in [4.69, 9.17) is 9.47 Å². The van der Waals surface area contributed by atoms with Gasteiger partial charge in [-0.1, -0.05) is 66.7 Å². The summed E-state index contributed by atoms with van der Waals surface area (Å²) in [5, 5.41) is 19.2. The number of rotatable bonds is 12. The van der Waals surface area contributed by atoms with E-state index in [1.54, 1.807) is 66.7 Å². The average Bonchev–Trinajstić information content (AvgIpc) is 3.53. The maximum absolute atomic E-state index is 13.7. The van der Waals surface area contributed by atoms with Crippen molar-refractivity contribution in [3.05, 3.63) is 142 Å². The Morgan fingerprint density at radius 3 is 2.40 bits per heavy atom. The minimum atomic E-state index is -0.561. The van der Waals surface area contributed by atoms with E-state index >= 15 is 0 Å². The third kappa shape index (κ3) is 8.54. The zero-order valence-corrected chi connectivity index (χ0v) is 30.2. The van der Waals surface area contributed by atoms with Crippen LogP contribution in [0.25, 0.3) is 6.08 Å². The first-order valence-corrected chi connectivity index (χ1v) is 18.4. The molecule has 0 aliphatic heterocycles. The van der Waals surface area contributed by atoms with Crippen LogP contribution in [0.15, 0.2) is 114 Å². The summed E-state index contributed by atoms with van der Waals surface area (Å²) < 4.78 is 11.0. The number of nitrogens with one attached hydrogen (secondary N) is 3. The molecule has 1 aliphatic carbocycles. The van der Waals surface area contributed by atoms with E-state index in [2.05, 4.69) is 46.3 Å². The van der Waals surface area contributed by atoms with Gasteiger partial charge in [0.05, 0.1) is 25.5 Å². The quantitative estimate of drug-likeness (QED) is 0.0876. The van der Waals surface area contributed by atoms with Gasteiger partial charge in [-0.15, -0.1) is 23.1 Å². The lowest BCUT2D eigenvalue weighted by Crippen LogP contribution is -2.30. The van der Waals surface area contributed by atoms with E-state index in [1.165, 1.54) is 49.0 Å². The topological polar surface area (TPSA) is 130 Å². The van der Waals surface area contributed by atoms with Crippen LogP contribution in [0.1, 0.15) is 49.8 Å². The van der Waals surface area contributed by atoms with Crippen molar-refractivity contribution in [2.24, 2.45) is 0 Å². The molecule has 52 heavy (non-hydrogen) atoms. The number of thioether (sulfide) groups is 1. The molecular formula is C41H36N4O5S2. The second kappa shape index (κ2) is 16.9. The number of anilines is 2. The first kappa shape index (κ1) is 36.0. The number of para-hydroxylation sites is 1. The van der Waals surface area contributed by atoms with Crippen LogP contribution in [-0.2, 0) is 22.4 Å². The minimum absolute atomic E-state index is 0.0140. The highest BCUT2D eigenvalue weighted by atomic mass is 32.2. The van der Waals surface area contributed by atoms with Crippen molar-refractivity contribution < 1.29 is 23.9 Å². The number of carbonyl (C=O) groups excluding carboxylic acids is 3. The predicted octanol–water partition coefficient (Wildman–Crippen LogP) is 8.05. The number of methoxy groups -OCH3 is 2. The molecule has 0 fully saturated rings. The molecule has 0 spiro atoms. The molecule has 0 radical (unpaired) electrons. The molecule has 0 bridgehead atoms. The Morgan fingerprint density at radius 1 is 0.923 bits per heavy atom. The first-order chi connectivity index (χ1) is 25.4. The normalized spacial score (nSPS) is 13.6. The number of nitriles is 1. The molecule has 11 heteroatoms. The molecule has 0 saturated heterocycles. The Labute approximate surface area is 310 Å². The van der Waals surface area contributed by atoms with E-state index in [1.807, 2.05) is 12.1 Å². The molecule has 3 amide bonds. The number of ether oxygens (including phenoxy) is 2. The van der Waals surface area contributed by atoms with Crippen molar-refractivity contribution in [3.8, 4) is 17.6 Å². The van der Waals surface area contributed by atoms with Crippen molar-refractivity contribution in [2.75, 3.05) is 30.6 Å². The summed E-state index contributed by atoms with van der Waals surface area (Å²) in [6.07, 6.45) is 4.14. The Morgan fingerprint density at radius 2 is 1.67 bits per heavy atom. The number of benzene rings is 4. The van der Waals surface area contributed by atoms with Gasteiger partial charge < -0.3 is 25.4 Å². The molecule has 1 aromatic heterocycles. The molecule has 1 unspecified atom stereocenters. The molecule has 262 valence electrons. The largest absolute Gasteiger partial charge is 0.493 e. The van der Waals surface area contributed by atoms with Crippen LogP contribution in [0.5, 0.6) is 11.5 Å². The Balaban J connectivity index is 1.13. The minimum Gasteiger partial charge on any atom is -0.493 e. The van der Waals surface area contributed by atoms with Gasteiger partial charge in [-0.05, 0) is 78.8 Å². The lowest BCUT2D eigenvalue weighted by molar-refractivity contribution is -0.114. The van der Waals surface area contributed by atoms with Gasteiger partial charge in [-0.3, -0.25) is 14.4 Å². The molecule has 1 aliphatic rings. The number of hydrogen-bond acceptors (Lipinski definition) is 8. The van der Waals surface area contributed by atoms with Crippen LogP contribution in [0, 0.1) is 11.3 Å². The maximum atomic E-state index is 13.7. The van der Waals surface area contributed by atoms with Gasteiger partial charge >= 0.3 is 0 Å². The Bertz CT molecular complexity index is 2160. The van der Waals surface area contributed by atoms with E-state index in [0.717, 1.165) is 34.6 Å². The van der Waals surface area contributed by atoms with Gasteiger partial charge in [0.15, 0.2) is 11.5 Å². The second-order valence-electron chi connectivity index (χ2n) is 11.9. The third-order valence-electron chi connectivity index (χ3n) is 8.62. The van der Waals surface area contributed by atoms with Gasteiger partial charge in [0.25, 0.3) is 11.8 Å². The van der Waals surface area contributed by atoms with Gasteiger partial charge in [0.2, 0.25) is 5.91 Å². The van der Waals surface area contributed by atoms with Crippen molar-refractivity contribution in [2.45, 2.75) is 30.1 Å². The summed E-state index contributed by atoms with van der Waals surface area (Å²) in [5.41, 5.74) is 4.27. The van der Waals surface area contributed by atoms with Gasteiger partial charge in [-0.25, -0.2) is 0 Å². The van der Waals surface area contributed by atoms with Crippen LogP contribution >= 0.6 is 23.1 Å². The van der Waals surface area contributed by atoms with Crippen molar-refractivity contribution in [1.82, 2.24) is 5.32 Å². The number of thiophene rings is 1. The second-order valence-corrected chi connectivity index (χ2v) is 14.1. The van der Waals surface area contributed by atoms with E-state index < -0.39 is 11.8 Å². The molecule has 0 saturated carbocycles. The lowest BCUT2D eigenvalue weighted by Gasteiger charge is -2.22. The summed E-state index contributed by atoms with van der Waals surface area (Å²) in [7, 11) is 3.02. The Kier molecular flexibility index (Phi) is 11.7. The standard InChI is InChI=1S/C41H36N4O5S2/c1-49-35-18-9-15-29(38(35)50-2)21-34(44-39(47)27-13-7-4-8-14-27)40(48)43-30-16-10-17-31(23-30)51-25-37(46)45-41-33(24-42)32-20-19-28(22-36(32)52-41)26-11-5-3-6-12-26/h3-18,21,23,28H,19-20,22,25H2,1-2H3,(H,43,48)(H,44,47)(H,45,46)/b34-21+. The molecule has 1 heterocycles. The zero-order valence-electron chi connectivity index (χ0n) is 28.6. The highest BCUT2D eigenvalue weighted by Gasteiger charge is 2.27. The third-order valence-corrected chi connectivity index (χ3v) is 10.8. The van der Waals surface area contributed by atoms with Gasteiger partial charge in [-0.2, -0.15) is 5.26 Å². The number of amides is 3. The van der Waals surface area contributed by atoms with Crippen molar-refractivity contribution in [3.63, 3.8) is 0 Å². The number of nitrogens with zero attached hydrogens (tertiary/aromatic N) is 1. The molecular weight excluding hydrogens is 693 g/mol. The SMILES string of the molecule is COc1cccc(/C=C(/NC(=O)c2ccccc2)C(=O)Nc2cccc(SCC(=O)Nc3sc4c(c3C#N)CCC(c3ccccc3)C4)c2)c1OC. The van der Waals surface area contributed by atoms with Crippen LogP contribution < -0.4 is 25.4 Å². The van der Waals surface area contributed by atoms with Gasteiger partial charge in [0, 0.05) is 26.6 Å². The van der Waals surface area contributed by atoms with Crippen LogP contribution in [-0.4, -0.2) is 37.7 Å². The molecule has 4 aromatic carbocycles. The fourth-order valence-electron chi connectivity index (χ4n) is 6.10. The lowest BCUT2D eigenvalue weighted by atomic mass is 9.83. The smallest absolute Gasteiger partial charge is 0.272 e. The van der Waals surface area contributed by atoms with Crippen LogP contribution in [0.2, 0.25) is 0 Å². The Hall–Kier alpha value is -5.83. The molecule has 1 atom stereocenters. The highest BCUT2D eigenvalue weighted by Crippen LogP contribution is 2.42. The number of hydrogen-bond donors (Lipinski definition) is 3. The number of fused-ring (bicyclic) bond motifs is 1. The van der Waals surface area contributed by atoms with Crippen LogP contribution in [0.3, 0.4) is 0 Å². The van der Waals surface area contributed by atoms with E-state index in [-0.39, 0.29) is 17.4 Å². The fourth-order valence-corrected chi connectivity index (χ4v) is 8.15. The monoisotopic (exact) mass is 728 g/mol. The predicted molar refractivity (Wildman–Crippen MR) is 206 cm³/mol. The average molecular weight is 729 g/mol. The van der Waals surface area contributed by atoms with Gasteiger partial charge in [0.1, 0.15) is 16.8 Å². The zero-order chi connectivity index (χ0) is 36.5. The molecule has 6 rings (SSSR count). The number of carbonyl (C=O) groups is 3. The molecule has 3 N–H and O–H groups in total. The van der Waals surface area contributed by atoms with Crippen molar-refractivity contribution >= 4 is 57.6 Å². The molecule has 5 aromatic rings. The summed E-state index contributed by atoms with van der Waals surface area (Å²) in [5.74, 6) is 0.124. The fraction of sp³-hybridized carbons (Fsp3) is 0.171.